The second-order valence-corrected chi connectivity index (χ2v) is 8.15. The van der Waals surface area contributed by atoms with Gasteiger partial charge in [0.15, 0.2) is 5.82 Å². The van der Waals surface area contributed by atoms with Crippen LogP contribution in [-0.2, 0) is 37.1 Å². The summed E-state index contributed by atoms with van der Waals surface area (Å²) in [6, 6.07) is 4.08. The second-order valence-electron chi connectivity index (χ2n) is 6.10. The van der Waals surface area contributed by atoms with E-state index in [1.807, 2.05) is 6.92 Å². The van der Waals surface area contributed by atoms with Gasteiger partial charge < -0.3 is 4.52 Å². The van der Waals surface area contributed by atoms with Crippen molar-refractivity contribution in [1.82, 2.24) is 23.6 Å². The van der Waals surface area contributed by atoms with E-state index in [-0.39, 0.29) is 22.7 Å². The third-order valence-corrected chi connectivity index (χ3v) is 6.13. The fourth-order valence-electron chi connectivity index (χ4n) is 2.69. The number of aryl methyl sites for hydroxylation is 2. The molecule has 10 nitrogen and oxygen atoms in total. The van der Waals surface area contributed by atoms with Gasteiger partial charge in [0.05, 0.1) is 22.3 Å². The highest BCUT2D eigenvalue weighted by molar-refractivity contribution is 7.89. The monoisotopic (exact) mass is 393 g/mol. The zero-order valence-corrected chi connectivity index (χ0v) is 16.1. The number of sulfonamides is 1. The summed E-state index contributed by atoms with van der Waals surface area (Å²) in [5.74, 6) is 0.669. The highest BCUT2D eigenvalue weighted by Crippen LogP contribution is 2.20. The van der Waals surface area contributed by atoms with Crippen LogP contribution in [0.1, 0.15) is 18.6 Å². The van der Waals surface area contributed by atoms with Crippen LogP contribution in [0.5, 0.6) is 0 Å². The van der Waals surface area contributed by atoms with E-state index in [1.165, 1.54) is 43.9 Å². The lowest BCUT2D eigenvalue weighted by Crippen LogP contribution is -2.37. The standard InChI is InChI=1S/C16H19N5O5S/c1-5-13-17-14(26-18-13)9-19(2)27(24,25)10-6-7-12-11(8-10)15(22)21(4)16(23)20(12)3/h6-8H,5,9H2,1-4H3. The largest absolute Gasteiger partial charge is 0.338 e. The lowest BCUT2D eigenvalue weighted by molar-refractivity contribution is 0.334. The number of nitrogens with zero attached hydrogens (tertiary/aromatic N) is 5. The van der Waals surface area contributed by atoms with Gasteiger partial charge in [-0.05, 0) is 18.2 Å². The van der Waals surface area contributed by atoms with Crippen LogP contribution in [0.4, 0.5) is 0 Å². The molecule has 0 bridgehead atoms. The maximum atomic E-state index is 12.9. The summed E-state index contributed by atoms with van der Waals surface area (Å²) < 4.78 is 34.1. The van der Waals surface area contributed by atoms with Gasteiger partial charge >= 0.3 is 5.69 Å². The highest BCUT2D eigenvalue weighted by Gasteiger charge is 2.24. The van der Waals surface area contributed by atoms with Crippen molar-refractivity contribution >= 4 is 20.9 Å². The van der Waals surface area contributed by atoms with Gasteiger partial charge in [0.1, 0.15) is 0 Å². The number of hydrogen-bond acceptors (Lipinski definition) is 7. The lowest BCUT2D eigenvalue weighted by Gasteiger charge is -2.16. The maximum Gasteiger partial charge on any atom is 0.330 e. The molecule has 0 spiro atoms. The van der Waals surface area contributed by atoms with Crippen LogP contribution in [0.15, 0.2) is 37.2 Å². The lowest BCUT2D eigenvalue weighted by atomic mass is 10.2. The van der Waals surface area contributed by atoms with Crippen LogP contribution >= 0.6 is 0 Å². The van der Waals surface area contributed by atoms with Crippen molar-refractivity contribution < 1.29 is 12.9 Å². The Hall–Kier alpha value is -2.79. The Morgan fingerprint density at radius 3 is 2.52 bits per heavy atom. The molecule has 0 amide bonds. The van der Waals surface area contributed by atoms with E-state index in [4.69, 9.17) is 4.52 Å². The van der Waals surface area contributed by atoms with Gasteiger partial charge in [-0.15, -0.1) is 0 Å². The Morgan fingerprint density at radius 1 is 1.19 bits per heavy atom. The van der Waals surface area contributed by atoms with Crippen molar-refractivity contribution in [1.29, 1.82) is 0 Å². The fraction of sp³-hybridized carbons (Fsp3) is 0.375. The zero-order valence-electron chi connectivity index (χ0n) is 15.3. The summed E-state index contributed by atoms with van der Waals surface area (Å²) in [5.41, 5.74) is -0.685. The molecule has 2 aromatic heterocycles. The number of fused-ring (bicyclic) bond motifs is 1. The molecule has 0 N–H and O–H groups in total. The van der Waals surface area contributed by atoms with Gasteiger partial charge in [0, 0.05) is 27.6 Å². The topological polar surface area (TPSA) is 120 Å². The summed E-state index contributed by atoms with van der Waals surface area (Å²) in [5, 5.41) is 3.88. The molecule has 0 fully saturated rings. The first-order valence-corrected chi connectivity index (χ1v) is 9.58. The number of rotatable bonds is 5. The van der Waals surface area contributed by atoms with Gasteiger partial charge in [0.2, 0.25) is 15.9 Å². The number of aromatic nitrogens is 4. The van der Waals surface area contributed by atoms with Crippen molar-refractivity contribution in [2.45, 2.75) is 24.8 Å². The van der Waals surface area contributed by atoms with E-state index in [0.29, 0.717) is 17.8 Å². The molecule has 0 saturated carbocycles. The Morgan fingerprint density at radius 2 is 1.89 bits per heavy atom. The Balaban J connectivity index is 2.05. The molecule has 3 rings (SSSR count). The van der Waals surface area contributed by atoms with Crippen LogP contribution in [0, 0.1) is 0 Å². The quantitative estimate of drug-likeness (QED) is 0.598. The van der Waals surface area contributed by atoms with Gasteiger partial charge in [-0.3, -0.25) is 13.9 Å². The molecule has 27 heavy (non-hydrogen) atoms. The number of hydrogen-bond donors (Lipinski definition) is 0. The van der Waals surface area contributed by atoms with Crippen LogP contribution in [0.2, 0.25) is 0 Å². The Labute approximate surface area is 154 Å². The first-order chi connectivity index (χ1) is 12.7. The normalized spacial score (nSPS) is 12.2. The molecule has 144 valence electrons. The van der Waals surface area contributed by atoms with Gasteiger partial charge in [-0.1, -0.05) is 12.1 Å². The highest BCUT2D eigenvalue weighted by atomic mass is 32.2. The van der Waals surface area contributed by atoms with Crippen molar-refractivity contribution in [2.24, 2.45) is 14.1 Å². The third kappa shape index (κ3) is 3.19. The minimum Gasteiger partial charge on any atom is -0.338 e. The van der Waals surface area contributed by atoms with E-state index in [2.05, 4.69) is 10.1 Å². The molecular weight excluding hydrogens is 374 g/mol. The first kappa shape index (κ1) is 19.0. The average molecular weight is 393 g/mol. The predicted octanol–water partition coefficient (Wildman–Crippen LogP) is 0.00330. The Kier molecular flexibility index (Phi) is 4.74. The average Bonchev–Trinajstić information content (AvgIpc) is 3.11. The molecule has 11 heteroatoms. The maximum absolute atomic E-state index is 12.9. The van der Waals surface area contributed by atoms with E-state index in [9.17, 15) is 18.0 Å². The van der Waals surface area contributed by atoms with Crippen LogP contribution in [0.3, 0.4) is 0 Å². The summed E-state index contributed by atoms with van der Waals surface area (Å²) in [6.45, 7) is 1.76. The smallest absolute Gasteiger partial charge is 0.330 e. The molecule has 0 radical (unpaired) electrons. The second kappa shape index (κ2) is 6.74. The molecule has 2 heterocycles. The predicted molar refractivity (Wildman–Crippen MR) is 96.8 cm³/mol. The number of benzene rings is 1. The Bertz CT molecular complexity index is 1240. The van der Waals surface area contributed by atoms with Gasteiger partial charge in [0.25, 0.3) is 5.56 Å². The fourth-order valence-corrected chi connectivity index (χ4v) is 3.84. The minimum absolute atomic E-state index is 0.0662. The first-order valence-electron chi connectivity index (χ1n) is 8.14. The molecule has 0 aliphatic carbocycles. The summed E-state index contributed by atoms with van der Waals surface area (Å²) in [7, 11) is 0.339. The van der Waals surface area contributed by atoms with Crippen molar-refractivity contribution in [2.75, 3.05) is 7.05 Å². The summed E-state index contributed by atoms with van der Waals surface area (Å²) in [6.07, 6.45) is 0.576. The SMILES string of the molecule is CCc1noc(CN(C)S(=O)(=O)c2ccc3c(c2)c(=O)n(C)c(=O)n3C)n1. The molecule has 0 saturated heterocycles. The minimum atomic E-state index is -3.91. The van der Waals surface area contributed by atoms with E-state index < -0.39 is 21.3 Å². The van der Waals surface area contributed by atoms with Gasteiger partial charge in [-0.2, -0.15) is 9.29 Å². The molecule has 0 unspecified atom stereocenters. The molecule has 0 aliphatic heterocycles. The van der Waals surface area contributed by atoms with Crippen molar-refractivity contribution in [3.05, 3.63) is 50.8 Å². The third-order valence-electron chi connectivity index (χ3n) is 4.33. The molecule has 3 aromatic rings. The molecule has 1 aromatic carbocycles. The van der Waals surface area contributed by atoms with Crippen LogP contribution < -0.4 is 11.2 Å². The van der Waals surface area contributed by atoms with Crippen LogP contribution in [0.25, 0.3) is 10.9 Å². The van der Waals surface area contributed by atoms with Crippen molar-refractivity contribution in [3.63, 3.8) is 0 Å². The van der Waals surface area contributed by atoms with E-state index >= 15 is 0 Å². The van der Waals surface area contributed by atoms with Crippen molar-refractivity contribution in [3.8, 4) is 0 Å². The zero-order chi connectivity index (χ0) is 19.9. The van der Waals surface area contributed by atoms with E-state index in [0.717, 1.165) is 8.87 Å². The molecule has 0 atom stereocenters. The van der Waals surface area contributed by atoms with E-state index in [1.54, 1.807) is 0 Å². The van der Waals surface area contributed by atoms with Crippen LogP contribution in [-0.4, -0.2) is 39.0 Å². The summed E-state index contributed by atoms with van der Waals surface area (Å²) >= 11 is 0. The molecular formula is C16H19N5O5S. The molecule has 0 aliphatic rings. The summed E-state index contributed by atoms with van der Waals surface area (Å²) in [4.78, 5) is 28.4. The van der Waals surface area contributed by atoms with Gasteiger partial charge in [-0.25, -0.2) is 13.2 Å².